The molecule has 1 heterocycles. The van der Waals surface area contributed by atoms with Gasteiger partial charge in [-0.2, -0.15) is 0 Å². The van der Waals surface area contributed by atoms with E-state index in [0.717, 1.165) is 18.7 Å². The predicted molar refractivity (Wildman–Crippen MR) is 80.1 cm³/mol. The Hall–Kier alpha value is -1.81. The molecule has 1 aromatic heterocycles. The van der Waals surface area contributed by atoms with Crippen molar-refractivity contribution in [1.82, 2.24) is 10.3 Å². The molecule has 1 unspecified atom stereocenters. The second-order valence-corrected chi connectivity index (χ2v) is 5.13. The fourth-order valence-electron chi connectivity index (χ4n) is 2.27. The summed E-state index contributed by atoms with van der Waals surface area (Å²) in [5.74, 6) is -1.53. The second kappa shape index (κ2) is 7.27. The molecule has 2 aromatic rings. The summed E-state index contributed by atoms with van der Waals surface area (Å²) in [6, 6.07) is 8.62. The SMILES string of the molecule is CCCNC(Cc1ccccn1)c1ccc(C)c(F)c1F. The van der Waals surface area contributed by atoms with Crippen LogP contribution in [0.15, 0.2) is 36.5 Å². The number of halogens is 2. The zero-order valence-electron chi connectivity index (χ0n) is 12.4. The van der Waals surface area contributed by atoms with Gasteiger partial charge in [0.2, 0.25) is 0 Å². The van der Waals surface area contributed by atoms with Crippen LogP contribution in [-0.2, 0) is 6.42 Å². The van der Waals surface area contributed by atoms with E-state index >= 15 is 0 Å². The average Bonchev–Trinajstić information content (AvgIpc) is 2.51. The highest BCUT2D eigenvalue weighted by atomic mass is 19.2. The van der Waals surface area contributed by atoms with Crippen LogP contribution in [0.4, 0.5) is 8.78 Å². The summed E-state index contributed by atoms with van der Waals surface area (Å²) in [6.07, 6.45) is 3.16. The molecule has 1 aromatic carbocycles. The number of pyridine rings is 1. The Morgan fingerprint density at radius 1 is 1.14 bits per heavy atom. The van der Waals surface area contributed by atoms with E-state index in [1.54, 1.807) is 25.3 Å². The first-order chi connectivity index (χ1) is 10.1. The summed E-state index contributed by atoms with van der Waals surface area (Å²) in [7, 11) is 0. The van der Waals surface area contributed by atoms with Crippen molar-refractivity contribution in [2.45, 2.75) is 32.7 Å². The van der Waals surface area contributed by atoms with Crippen LogP contribution in [0, 0.1) is 18.6 Å². The predicted octanol–water partition coefficient (Wildman–Crippen LogP) is 3.95. The molecule has 1 atom stereocenters. The Labute approximate surface area is 124 Å². The van der Waals surface area contributed by atoms with Gasteiger partial charge in [-0.3, -0.25) is 4.98 Å². The van der Waals surface area contributed by atoms with Crippen molar-refractivity contribution >= 4 is 0 Å². The standard InChI is InChI=1S/C17H20F2N2/c1-3-9-21-15(11-13-6-4-5-10-20-13)14-8-7-12(2)16(18)17(14)19/h4-8,10,15,21H,3,9,11H2,1-2H3. The monoisotopic (exact) mass is 290 g/mol. The number of nitrogens with one attached hydrogen (secondary N) is 1. The van der Waals surface area contributed by atoms with E-state index in [2.05, 4.69) is 10.3 Å². The van der Waals surface area contributed by atoms with Crippen LogP contribution < -0.4 is 5.32 Å². The minimum atomic E-state index is -0.767. The van der Waals surface area contributed by atoms with Crippen molar-refractivity contribution in [3.8, 4) is 0 Å². The number of aromatic nitrogens is 1. The maximum atomic E-state index is 14.2. The average molecular weight is 290 g/mol. The van der Waals surface area contributed by atoms with Crippen LogP contribution in [0.5, 0.6) is 0 Å². The zero-order chi connectivity index (χ0) is 15.2. The number of hydrogen-bond donors (Lipinski definition) is 1. The molecule has 0 saturated carbocycles. The molecule has 0 aliphatic carbocycles. The summed E-state index contributed by atoms with van der Waals surface area (Å²) in [5.41, 5.74) is 1.53. The molecule has 21 heavy (non-hydrogen) atoms. The van der Waals surface area contributed by atoms with Gasteiger partial charge in [-0.1, -0.05) is 25.1 Å². The maximum absolute atomic E-state index is 14.2. The quantitative estimate of drug-likeness (QED) is 0.871. The van der Waals surface area contributed by atoms with Crippen molar-refractivity contribution in [3.05, 3.63) is 65.0 Å². The van der Waals surface area contributed by atoms with Crippen LogP contribution in [0.2, 0.25) is 0 Å². The lowest BCUT2D eigenvalue weighted by Crippen LogP contribution is -2.25. The van der Waals surface area contributed by atoms with E-state index in [9.17, 15) is 8.78 Å². The molecule has 0 aliphatic heterocycles. The van der Waals surface area contributed by atoms with Crippen molar-refractivity contribution in [3.63, 3.8) is 0 Å². The van der Waals surface area contributed by atoms with Crippen molar-refractivity contribution in [2.24, 2.45) is 0 Å². The molecule has 0 bridgehead atoms. The Morgan fingerprint density at radius 3 is 2.62 bits per heavy atom. The summed E-state index contributed by atoms with van der Waals surface area (Å²) in [6.45, 7) is 4.35. The van der Waals surface area contributed by atoms with Gasteiger partial charge in [-0.25, -0.2) is 8.78 Å². The number of benzene rings is 1. The molecule has 0 fully saturated rings. The third-order valence-electron chi connectivity index (χ3n) is 3.46. The molecule has 0 spiro atoms. The summed E-state index contributed by atoms with van der Waals surface area (Å²) >= 11 is 0. The first kappa shape index (κ1) is 15.6. The lowest BCUT2D eigenvalue weighted by atomic mass is 9.99. The number of rotatable bonds is 6. The van der Waals surface area contributed by atoms with E-state index in [1.165, 1.54) is 0 Å². The third-order valence-corrected chi connectivity index (χ3v) is 3.46. The molecular formula is C17H20F2N2. The molecule has 2 nitrogen and oxygen atoms in total. The maximum Gasteiger partial charge on any atom is 0.163 e. The summed E-state index contributed by atoms with van der Waals surface area (Å²) in [5, 5.41) is 3.28. The van der Waals surface area contributed by atoms with Gasteiger partial charge >= 0.3 is 0 Å². The highest BCUT2D eigenvalue weighted by molar-refractivity contribution is 5.29. The molecule has 2 rings (SSSR count). The van der Waals surface area contributed by atoms with Crippen molar-refractivity contribution in [1.29, 1.82) is 0 Å². The Bertz CT molecular complexity index is 585. The van der Waals surface area contributed by atoms with Crippen LogP contribution in [0.25, 0.3) is 0 Å². The third kappa shape index (κ3) is 3.85. The minimum absolute atomic E-state index is 0.282. The second-order valence-electron chi connectivity index (χ2n) is 5.13. The smallest absolute Gasteiger partial charge is 0.163 e. The van der Waals surface area contributed by atoms with Gasteiger partial charge in [0.25, 0.3) is 0 Å². The van der Waals surface area contributed by atoms with Crippen molar-refractivity contribution < 1.29 is 8.78 Å². The highest BCUT2D eigenvalue weighted by Gasteiger charge is 2.19. The van der Waals surface area contributed by atoms with Gasteiger partial charge in [0.15, 0.2) is 11.6 Å². The van der Waals surface area contributed by atoms with Crippen LogP contribution in [0.3, 0.4) is 0 Å². The number of hydrogen-bond acceptors (Lipinski definition) is 2. The zero-order valence-corrected chi connectivity index (χ0v) is 12.4. The Kier molecular flexibility index (Phi) is 5.39. The molecule has 1 N–H and O–H groups in total. The van der Waals surface area contributed by atoms with Gasteiger partial charge in [0.05, 0.1) is 0 Å². The largest absolute Gasteiger partial charge is 0.310 e. The Morgan fingerprint density at radius 2 is 1.95 bits per heavy atom. The molecule has 0 aliphatic rings. The molecule has 112 valence electrons. The van der Waals surface area contributed by atoms with Gasteiger partial charge in [-0.05, 0) is 37.6 Å². The molecule has 0 saturated heterocycles. The van der Waals surface area contributed by atoms with Crippen LogP contribution in [-0.4, -0.2) is 11.5 Å². The first-order valence-electron chi connectivity index (χ1n) is 7.21. The fraction of sp³-hybridized carbons (Fsp3) is 0.353. The van der Waals surface area contributed by atoms with Gasteiger partial charge in [0, 0.05) is 29.9 Å². The fourth-order valence-corrected chi connectivity index (χ4v) is 2.27. The molecule has 4 heteroatoms. The van der Waals surface area contributed by atoms with E-state index < -0.39 is 11.6 Å². The van der Waals surface area contributed by atoms with Crippen LogP contribution >= 0.6 is 0 Å². The summed E-state index contributed by atoms with van der Waals surface area (Å²) < 4.78 is 28.0. The minimum Gasteiger partial charge on any atom is -0.310 e. The number of aryl methyl sites for hydroxylation is 1. The van der Waals surface area contributed by atoms with E-state index in [4.69, 9.17) is 0 Å². The van der Waals surface area contributed by atoms with Gasteiger partial charge in [0.1, 0.15) is 0 Å². The lowest BCUT2D eigenvalue weighted by molar-refractivity contribution is 0.454. The van der Waals surface area contributed by atoms with Gasteiger partial charge < -0.3 is 5.32 Å². The first-order valence-corrected chi connectivity index (χ1v) is 7.21. The molecular weight excluding hydrogens is 270 g/mol. The van der Waals surface area contributed by atoms with E-state index in [0.29, 0.717) is 17.5 Å². The lowest BCUT2D eigenvalue weighted by Gasteiger charge is -2.20. The summed E-state index contributed by atoms with van der Waals surface area (Å²) in [4.78, 5) is 4.27. The van der Waals surface area contributed by atoms with Gasteiger partial charge in [-0.15, -0.1) is 0 Å². The molecule has 0 amide bonds. The van der Waals surface area contributed by atoms with Crippen molar-refractivity contribution in [2.75, 3.05) is 6.54 Å². The van der Waals surface area contributed by atoms with E-state index in [-0.39, 0.29) is 6.04 Å². The highest BCUT2D eigenvalue weighted by Crippen LogP contribution is 2.24. The van der Waals surface area contributed by atoms with Crippen LogP contribution in [0.1, 0.15) is 36.2 Å². The van der Waals surface area contributed by atoms with E-state index in [1.807, 2.05) is 25.1 Å². The Balaban J connectivity index is 2.29. The molecule has 0 radical (unpaired) electrons. The number of nitrogens with zero attached hydrogens (tertiary/aromatic N) is 1. The topological polar surface area (TPSA) is 24.9 Å². The normalized spacial score (nSPS) is 12.4.